The van der Waals surface area contributed by atoms with E-state index in [1.807, 2.05) is 61.5 Å². The number of hydrogen-bond acceptors (Lipinski definition) is 6. The lowest BCUT2D eigenvalue weighted by molar-refractivity contribution is -0.119. The van der Waals surface area contributed by atoms with E-state index in [0.717, 1.165) is 21.0 Å². The number of amides is 1. The van der Waals surface area contributed by atoms with E-state index in [-0.39, 0.29) is 17.7 Å². The van der Waals surface area contributed by atoms with Gasteiger partial charge in [-0.25, -0.2) is 0 Å². The molecule has 4 rings (SSSR count). The Morgan fingerprint density at radius 2 is 1.93 bits per heavy atom. The Morgan fingerprint density at radius 3 is 2.75 bits per heavy atom. The number of hydrogen-bond donors (Lipinski definition) is 1. The van der Waals surface area contributed by atoms with Crippen molar-refractivity contribution in [3.63, 3.8) is 0 Å². The van der Waals surface area contributed by atoms with Gasteiger partial charge < -0.3 is 14.2 Å². The summed E-state index contributed by atoms with van der Waals surface area (Å²) in [4.78, 5) is 12.3. The summed E-state index contributed by atoms with van der Waals surface area (Å²) < 4.78 is 12.3. The maximum Gasteiger partial charge on any atom is 0.277 e. The minimum atomic E-state index is -0.237. The number of nitrogens with zero attached hydrogens (tertiary/aromatic N) is 2. The molecular formula is C20H16BrN3O3S. The highest BCUT2D eigenvalue weighted by Gasteiger charge is 2.16. The molecule has 28 heavy (non-hydrogen) atoms. The Balaban J connectivity index is 1.35. The third-order valence-corrected chi connectivity index (χ3v) is 5.60. The second kappa shape index (κ2) is 8.20. The maximum atomic E-state index is 12.3. The Morgan fingerprint density at radius 1 is 1.14 bits per heavy atom. The van der Waals surface area contributed by atoms with Crippen LogP contribution in [0.3, 0.4) is 0 Å². The van der Waals surface area contributed by atoms with E-state index >= 15 is 0 Å². The zero-order valence-corrected chi connectivity index (χ0v) is 17.3. The Bertz CT molecular complexity index is 1090. The number of furan rings is 1. The number of rotatable bonds is 6. The molecule has 8 heteroatoms. The van der Waals surface area contributed by atoms with Crippen molar-refractivity contribution in [3.05, 3.63) is 64.8 Å². The minimum Gasteiger partial charge on any atom is -0.459 e. The summed E-state index contributed by atoms with van der Waals surface area (Å²) >= 11 is 4.65. The highest BCUT2D eigenvalue weighted by atomic mass is 79.9. The molecular weight excluding hydrogens is 442 g/mol. The predicted molar refractivity (Wildman–Crippen MR) is 111 cm³/mol. The van der Waals surface area contributed by atoms with Gasteiger partial charge in [-0.15, -0.1) is 10.2 Å². The molecule has 142 valence electrons. The van der Waals surface area contributed by atoms with Crippen molar-refractivity contribution in [3.8, 4) is 11.5 Å². The molecule has 0 saturated heterocycles. The molecule has 0 spiro atoms. The molecule has 2 heterocycles. The van der Waals surface area contributed by atoms with E-state index in [1.165, 1.54) is 11.8 Å². The van der Waals surface area contributed by atoms with Crippen molar-refractivity contribution >= 4 is 44.6 Å². The van der Waals surface area contributed by atoms with Crippen LogP contribution in [0.1, 0.15) is 18.7 Å². The quantitative estimate of drug-likeness (QED) is 0.400. The third-order valence-electron chi connectivity index (χ3n) is 4.09. The van der Waals surface area contributed by atoms with Crippen molar-refractivity contribution in [1.29, 1.82) is 0 Å². The topological polar surface area (TPSA) is 81.2 Å². The lowest BCUT2D eigenvalue weighted by Gasteiger charge is -2.10. The molecule has 1 amide bonds. The second-order valence-electron chi connectivity index (χ2n) is 6.12. The second-order valence-corrected chi connectivity index (χ2v) is 7.90. The van der Waals surface area contributed by atoms with E-state index in [2.05, 4.69) is 31.4 Å². The predicted octanol–water partition coefficient (Wildman–Crippen LogP) is 5.21. The number of benzene rings is 2. The van der Waals surface area contributed by atoms with E-state index in [9.17, 15) is 4.79 Å². The molecule has 0 bridgehead atoms. The first-order valence-corrected chi connectivity index (χ1v) is 10.4. The van der Waals surface area contributed by atoms with Gasteiger partial charge in [0.15, 0.2) is 0 Å². The van der Waals surface area contributed by atoms with Crippen molar-refractivity contribution in [1.82, 2.24) is 15.5 Å². The molecule has 4 aromatic rings. The normalized spacial score (nSPS) is 12.2. The van der Waals surface area contributed by atoms with Crippen LogP contribution in [0.4, 0.5) is 0 Å². The Kier molecular flexibility index (Phi) is 5.50. The first-order chi connectivity index (χ1) is 13.6. The summed E-state index contributed by atoms with van der Waals surface area (Å²) in [7, 11) is 0. The van der Waals surface area contributed by atoms with E-state index in [0.29, 0.717) is 16.9 Å². The van der Waals surface area contributed by atoms with Crippen LogP contribution >= 0.6 is 27.7 Å². The standard InChI is InChI=1S/C20H16BrN3O3S/c1-12(17-10-13-6-2-5-9-16(13)26-17)22-18(25)11-28-20-24-23-19(27-20)14-7-3-4-8-15(14)21/h2-10,12H,11H2,1H3,(H,22,25)/t12-/m1/s1. The van der Waals surface area contributed by atoms with Crippen molar-refractivity contribution < 1.29 is 13.6 Å². The number of thioether (sulfide) groups is 1. The number of halogens is 1. The maximum absolute atomic E-state index is 12.3. The highest BCUT2D eigenvalue weighted by Crippen LogP contribution is 2.29. The number of aromatic nitrogens is 2. The van der Waals surface area contributed by atoms with Crippen LogP contribution in [0.2, 0.25) is 0 Å². The van der Waals surface area contributed by atoms with Gasteiger partial charge in [0.1, 0.15) is 11.3 Å². The monoisotopic (exact) mass is 457 g/mol. The van der Waals surface area contributed by atoms with Gasteiger partial charge in [-0.1, -0.05) is 42.1 Å². The molecule has 6 nitrogen and oxygen atoms in total. The fourth-order valence-corrected chi connectivity index (χ4v) is 3.74. The average molecular weight is 458 g/mol. The summed E-state index contributed by atoms with van der Waals surface area (Å²) in [5.74, 6) is 1.15. The van der Waals surface area contributed by atoms with Gasteiger partial charge in [-0.2, -0.15) is 0 Å². The summed E-state index contributed by atoms with van der Waals surface area (Å²) in [5, 5.41) is 12.3. The summed E-state index contributed by atoms with van der Waals surface area (Å²) in [6.45, 7) is 1.89. The molecule has 1 atom stereocenters. The fourth-order valence-electron chi connectivity index (χ4n) is 2.71. The van der Waals surface area contributed by atoms with Crippen molar-refractivity contribution in [2.45, 2.75) is 18.2 Å². The smallest absolute Gasteiger partial charge is 0.277 e. The Labute approximate surface area is 173 Å². The molecule has 0 aliphatic carbocycles. The SMILES string of the molecule is C[C@@H](NC(=O)CSc1nnc(-c2ccccc2Br)o1)c1cc2ccccc2o1. The number of para-hydroxylation sites is 1. The van der Waals surface area contributed by atoms with E-state index in [1.54, 1.807) is 0 Å². The van der Waals surface area contributed by atoms with Crippen LogP contribution in [0.15, 0.2) is 73.1 Å². The molecule has 0 unspecified atom stereocenters. The number of nitrogens with one attached hydrogen (secondary N) is 1. The van der Waals surface area contributed by atoms with Crippen LogP contribution in [0, 0.1) is 0 Å². The lowest BCUT2D eigenvalue weighted by atomic mass is 10.2. The molecule has 2 aromatic heterocycles. The zero-order valence-electron chi connectivity index (χ0n) is 14.9. The Hall–Kier alpha value is -2.58. The molecule has 0 radical (unpaired) electrons. The van der Waals surface area contributed by atoms with Gasteiger partial charge in [-0.05, 0) is 47.1 Å². The summed E-state index contributed by atoms with van der Waals surface area (Å²) in [5.41, 5.74) is 1.61. The van der Waals surface area contributed by atoms with Gasteiger partial charge in [0.05, 0.1) is 17.4 Å². The van der Waals surface area contributed by atoms with Crippen LogP contribution in [-0.2, 0) is 4.79 Å². The van der Waals surface area contributed by atoms with Gasteiger partial charge in [0.25, 0.3) is 5.22 Å². The van der Waals surface area contributed by atoms with Gasteiger partial charge >= 0.3 is 0 Å². The summed E-state index contributed by atoms with van der Waals surface area (Å²) in [6.07, 6.45) is 0. The van der Waals surface area contributed by atoms with Crippen LogP contribution < -0.4 is 5.32 Å². The number of carbonyl (C=O) groups is 1. The van der Waals surface area contributed by atoms with Crippen molar-refractivity contribution in [2.24, 2.45) is 0 Å². The van der Waals surface area contributed by atoms with E-state index in [4.69, 9.17) is 8.83 Å². The van der Waals surface area contributed by atoms with Crippen LogP contribution in [0.5, 0.6) is 0 Å². The van der Waals surface area contributed by atoms with Crippen molar-refractivity contribution in [2.75, 3.05) is 5.75 Å². The highest BCUT2D eigenvalue weighted by molar-refractivity contribution is 9.10. The lowest BCUT2D eigenvalue weighted by Crippen LogP contribution is -2.27. The molecule has 1 N–H and O–H groups in total. The fraction of sp³-hybridized carbons (Fsp3) is 0.150. The van der Waals surface area contributed by atoms with Gasteiger partial charge in [0.2, 0.25) is 11.8 Å². The molecule has 0 saturated carbocycles. The minimum absolute atomic E-state index is 0.140. The average Bonchev–Trinajstić information content (AvgIpc) is 3.34. The first-order valence-electron chi connectivity index (χ1n) is 8.59. The van der Waals surface area contributed by atoms with E-state index < -0.39 is 0 Å². The third kappa shape index (κ3) is 4.13. The number of fused-ring (bicyclic) bond motifs is 1. The first kappa shape index (κ1) is 18.8. The van der Waals surface area contributed by atoms with Crippen LogP contribution in [-0.4, -0.2) is 21.9 Å². The molecule has 2 aromatic carbocycles. The zero-order chi connectivity index (χ0) is 19.5. The number of carbonyl (C=O) groups excluding carboxylic acids is 1. The van der Waals surface area contributed by atoms with Gasteiger partial charge in [-0.3, -0.25) is 4.79 Å². The summed E-state index contributed by atoms with van der Waals surface area (Å²) in [6, 6.07) is 17.0. The van der Waals surface area contributed by atoms with Gasteiger partial charge in [0, 0.05) is 9.86 Å². The van der Waals surface area contributed by atoms with Crippen LogP contribution in [0.25, 0.3) is 22.4 Å². The molecule has 0 aliphatic rings. The molecule has 0 aliphatic heterocycles. The largest absolute Gasteiger partial charge is 0.459 e. The molecule has 0 fully saturated rings.